The highest BCUT2D eigenvalue weighted by atomic mass is 16.5. The number of hydrogen-bond acceptors (Lipinski definition) is 3. The first-order chi connectivity index (χ1) is 9.40. The van der Waals surface area contributed by atoms with Crippen LogP contribution in [0.4, 0.5) is 0 Å². The van der Waals surface area contributed by atoms with Crippen LogP contribution in [0.1, 0.15) is 46.5 Å². The zero-order valence-electron chi connectivity index (χ0n) is 13.1. The van der Waals surface area contributed by atoms with Crippen LogP contribution in [0.5, 0.6) is 0 Å². The summed E-state index contributed by atoms with van der Waals surface area (Å²) < 4.78 is 4.99. The number of rotatable bonds is 3. The Labute approximate surface area is 121 Å². The second-order valence-electron chi connectivity index (χ2n) is 6.94. The molecule has 0 aromatic rings. The van der Waals surface area contributed by atoms with Crippen molar-refractivity contribution in [2.45, 2.75) is 52.0 Å². The first-order valence-electron chi connectivity index (χ1n) is 7.53. The molecular weight excluding hydrogens is 254 g/mol. The maximum atomic E-state index is 12.6. The number of nitrogens with one attached hydrogen (secondary N) is 2. The second-order valence-corrected chi connectivity index (χ2v) is 6.94. The number of methoxy groups -OCH3 is 1. The molecule has 5 heteroatoms. The van der Waals surface area contributed by atoms with E-state index in [1.807, 2.05) is 0 Å². The SMILES string of the molecule is COCCN=C1NC(=O)C2(CCCCC2C(C)(C)C)N1. The lowest BCUT2D eigenvalue weighted by atomic mass is 9.62. The Bertz CT molecular complexity index is 400. The van der Waals surface area contributed by atoms with Gasteiger partial charge < -0.3 is 10.1 Å². The molecule has 2 atom stereocenters. The van der Waals surface area contributed by atoms with Crippen molar-refractivity contribution in [2.75, 3.05) is 20.3 Å². The van der Waals surface area contributed by atoms with Gasteiger partial charge in [0.15, 0.2) is 5.96 Å². The molecule has 2 unspecified atom stereocenters. The van der Waals surface area contributed by atoms with Crippen molar-refractivity contribution in [3.05, 3.63) is 0 Å². The highest BCUT2D eigenvalue weighted by Crippen LogP contribution is 2.45. The molecule has 1 aliphatic heterocycles. The van der Waals surface area contributed by atoms with E-state index in [2.05, 4.69) is 36.4 Å². The number of amides is 1. The molecule has 114 valence electrons. The van der Waals surface area contributed by atoms with Crippen LogP contribution in [0.3, 0.4) is 0 Å². The quantitative estimate of drug-likeness (QED) is 0.774. The summed E-state index contributed by atoms with van der Waals surface area (Å²) in [4.78, 5) is 16.9. The van der Waals surface area contributed by atoms with Gasteiger partial charge in [0, 0.05) is 7.11 Å². The summed E-state index contributed by atoms with van der Waals surface area (Å²) in [6, 6.07) is 0. The molecule has 5 nitrogen and oxygen atoms in total. The molecule has 0 aromatic heterocycles. The minimum absolute atomic E-state index is 0.0910. The van der Waals surface area contributed by atoms with Crippen molar-refractivity contribution in [1.82, 2.24) is 10.6 Å². The zero-order chi connectivity index (χ0) is 14.8. The normalized spacial score (nSPS) is 32.5. The molecule has 1 aliphatic carbocycles. The molecule has 1 heterocycles. The van der Waals surface area contributed by atoms with Gasteiger partial charge in [0.25, 0.3) is 5.91 Å². The Balaban J connectivity index is 2.19. The van der Waals surface area contributed by atoms with Crippen molar-refractivity contribution in [1.29, 1.82) is 0 Å². The van der Waals surface area contributed by atoms with Crippen LogP contribution in [-0.2, 0) is 9.53 Å². The average molecular weight is 281 g/mol. The predicted molar refractivity (Wildman–Crippen MR) is 79.6 cm³/mol. The fourth-order valence-corrected chi connectivity index (χ4v) is 3.61. The number of ether oxygens (including phenoxy) is 1. The summed E-state index contributed by atoms with van der Waals surface area (Å²) in [6.07, 6.45) is 4.28. The van der Waals surface area contributed by atoms with Crippen LogP contribution in [0.15, 0.2) is 4.99 Å². The van der Waals surface area contributed by atoms with Gasteiger partial charge in [0.2, 0.25) is 0 Å². The van der Waals surface area contributed by atoms with Gasteiger partial charge in [0.05, 0.1) is 13.2 Å². The summed E-state index contributed by atoms with van der Waals surface area (Å²) in [5.74, 6) is 1.04. The summed E-state index contributed by atoms with van der Waals surface area (Å²) in [6.45, 7) is 7.80. The van der Waals surface area contributed by atoms with E-state index < -0.39 is 5.54 Å². The monoisotopic (exact) mass is 281 g/mol. The molecule has 2 aliphatic rings. The van der Waals surface area contributed by atoms with E-state index in [-0.39, 0.29) is 11.3 Å². The fraction of sp³-hybridized carbons (Fsp3) is 0.867. The molecule has 2 fully saturated rings. The van der Waals surface area contributed by atoms with E-state index in [1.165, 1.54) is 6.42 Å². The van der Waals surface area contributed by atoms with Crippen LogP contribution in [0, 0.1) is 11.3 Å². The van der Waals surface area contributed by atoms with Crippen LogP contribution < -0.4 is 10.6 Å². The van der Waals surface area contributed by atoms with Gasteiger partial charge in [-0.3, -0.25) is 15.1 Å². The average Bonchev–Trinajstić information content (AvgIpc) is 2.66. The minimum atomic E-state index is -0.470. The first-order valence-corrected chi connectivity index (χ1v) is 7.53. The van der Waals surface area contributed by atoms with E-state index in [1.54, 1.807) is 7.11 Å². The molecule has 1 saturated carbocycles. The number of guanidine groups is 1. The van der Waals surface area contributed by atoms with Gasteiger partial charge in [-0.15, -0.1) is 0 Å². The van der Waals surface area contributed by atoms with E-state index in [0.717, 1.165) is 19.3 Å². The summed E-state index contributed by atoms with van der Waals surface area (Å²) in [7, 11) is 1.65. The molecule has 0 bridgehead atoms. The van der Waals surface area contributed by atoms with E-state index in [4.69, 9.17) is 4.74 Å². The molecule has 1 saturated heterocycles. The highest BCUT2D eigenvalue weighted by molar-refractivity contribution is 6.09. The Kier molecular flexibility index (Phi) is 4.37. The van der Waals surface area contributed by atoms with Crippen LogP contribution >= 0.6 is 0 Å². The van der Waals surface area contributed by atoms with Gasteiger partial charge in [-0.25, -0.2) is 0 Å². The number of nitrogens with zero attached hydrogens (tertiary/aromatic N) is 1. The van der Waals surface area contributed by atoms with Gasteiger partial charge in [-0.2, -0.15) is 0 Å². The van der Waals surface area contributed by atoms with Crippen LogP contribution in [0.2, 0.25) is 0 Å². The maximum absolute atomic E-state index is 12.6. The third-order valence-electron chi connectivity index (χ3n) is 4.50. The van der Waals surface area contributed by atoms with Gasteiger partial charge in [0.1, 0.15) is 5.54 Å². The molecule has 1 amide bonds. The summed E-state index contributed by atoms with van der Waals surface area (Å²) in [5, 5.41) is 6.33. The molecule has 0 radical (unpaired) electrons. The summed E-state index contributed by atoms with van der Waals surface area (Å²) in [5.41, 5.74) is -0.366. The van der Waals surface area contributed by atoms with Crippen LogP contribution in [-0.4, -0.2) is 37.7 Å². The predicted octanol–water partition coefficient (Wildman–Crippen LogP) is 1.68. The number of carbonyl (C=O) groups is 1. The van der Waals surface area contributed by atoms with Gasteiger partial charge in [-0.05, 0) is 24.2 Å². The molecule has 2 N–H and O–H groups in total. The third kappa shape index (κ3) is 2.82. The Morgan fingerprint density at radius 2 is 2.15 bits per heavy atom. The largest absolute Gasteiger partial charge is 0.383 e. The Hall–Kier alpha value is -1.10. The van der Waals surface area contributed by atoms with Gasteiger partial charge in [-0.1, -0.05) is 33.6 Å². The molecule has 0 aromatic carbocycles. The van der Waals surface area contributed by atoms with Crippen molar-refractivity contribution < 1.29 is 9.53 Å². The summed E-state index contributed by atoms with van der Waals surface area (Å²) >= 11 is 0. The molecule has 20 heavy (non-hydrogen) atoms. The number of carbonyl (C=O) groups excluding carboxylic acids is 1. The molecule has 1 spiro atoms. The number of hydrogen-bond donors (Lipinski definition) is 2. The fourth-order valence-electron chi connectivity index (χ4n) is 3.61. The van der Waals surface area contributed by atoms with Crippen LogP contribution in [0.25, 0.3) is 0 Å². The Morgan fingerprint density at radius 1 is 1.40 bits per heavy atom. The van der Waals surface area contributed by atoms with E-state index in [9.17, 15) is 4.79 Å². The minimum Gasteiger partial charge on any atom is -0.383 e. The van der Waals surface area contributed by atoms with Crippen molar-refractivity contribution in [2.24, 2.45) is 16.3 Å². The lowest BCUT2D eigenvalue weighted by Gasteiger charge is -2.46. The second kappa shape index (κ2) is 5.72. The van der Waals surface area contributed by atoms with E-state index in [0.29, 0.717) is 25.0 Å². The topological polar surface area (TPSA) is 62.7 Å². The lowest BCUT2D eigenvalue weighted by Crippen LogP contribution is -2.58. The standard InChI is InChI=1S/C15H27N3O2/c1-14(2,3)11-7-5-6-8-15(11)12(19)17-13(18-15)16-9-10-20-4/h11H,5-10H2,1-4H3,(H2,16,17,18,19). The highest BCUT2D eigenvalue weighted by Gasteiger charge is 2.55. The van der Waals surface area contributed by atoms with Crippen molar-refractivity contribution in [3.63, 3.8) is 0 Å². The molecule has 2 rings (SSSR count). The van der Waals surface area contributed by atoms with Gasteiger partial charge >= 0.3 is 0 Å². The maximum Gasteiger partial charge on any atom is 0.252 e. The molecular formula is C15H27N3O2. The van der Waals surface area contributed by atoms with Crippen molar-refractivity contribution >= 4 is 11.9 Å². The Morgan fingerprint density at radius 3 is 2.80 bits per heavy atom. The lowest BCUT2D eigenvalue weighted by molar-refractivity contribution is -0.129. The van der Waals surface area contributed by atoms with E-state index >= 15 is 0 Å². The number of aliphatic imine (C=N–C) groups is 1. The third-order valence-corrected chi connectivity index (χ3v) is 4.50. The first kappa shape index (κ1) is 15.3. The smallest absolute Gasteiger partial charge is 0.252 e. The zero-order valence-corrected chi connectivity index (χ0v) is 13.1. The van der Waals surface area contributed by atoms with Crippen molar-refractivity contribution in [3.8, 4) is 0 Å².